The van der Waals surface area contributed by atoms with E-state index in [4.69, 9.17) is 9.47 Å². The molecule has 0 unspecified atom stereocenters. The molecule has 1 rings (SSSR count). The van der Waals surface area contributed by atoms with Gasteiger partial charge in [0.2, 0.25) is 10.0 Å². The van der Waals surface area contributed by atoms with Gasteiger partial charge in [-0.1, -0.05) is 0 Å². The van der Waals surface area contributed by atoms with Crippen LogP contribution in [0.15, 0.2) is 23.2 Å². The van der Waals surface area contributed by atoms with Crippen LogP contribution >= 0.6 is 24.0 Å². The summed E-state index contributed by atoms with van der Waals surface area (Å²) in [4.78, 5) is 4.14. The lowest BCUT2D eigenvalue weighted by Gasteiger charge is -2.26. The van der Waals surface area contributed by atoms with Gasteiger partial charge >= 0.3 is 0 Å². The summed E-state index contributed by atoms with van der Waals surface area (Å²) in [7, 11) is 1.57. The monoisotopic (exact) mass is 500 g/mol. The molecule has 26 heavy (non-hydrogen) atoms. The molecule has 0 aliphatic heterocycles. The third kappa shape index (κ3) is 8.90. The van der Waals surface area contributed by atoms with E-state index in [1.807, 2.05) is 18.2 Å². The number of aliphatic imine (C=N–C) groups is 1. The molecule has 0 saturated carbocycles. The Morgan fingerprint density at radius 1 is 1.19 bits per heavy atom. The zero-order valence-electron chi connectivity index (χ0n) is 16.0. The van der Waals surface area contributed by atoms with Crippen LogP contribution in [0, 0.1) is 0 Å². The number of sulfonamides is 1. The molecule has 0 radical (unpaired) electrons. The number of rotatable bonds is 8. The Hall–Kier alpha value is -1.27. The van der Waals surface area contributed by atoms with Crippen LogP contribution in [0.4, 0.5) is 0 Å². The molecule has 3 N–H and O–H groups in total. The summed E-state index contributed by atoms with van der Waals surface area (Å²) < 4.78 is 35.9. The van der Waals surface area contributed by atoms with E-state index in [1.165, 1.54) is 0 Å². The first-order chi connectivity index (χ1) is 11.6. The summed E-state index contributed by atoms with van der Waals surface area (Å²) in [5.41, 5.74) is 0.294. The van der Waals surface area contributed by atoms with Gasteiger partial charge in [-0.2, -0.15) is 0 Å². The van der Waals surface area contributed by atoms with E-state index in [2.05, 4.69) is 20.3 Å². The van der Waals surface area contributed by atoms with Crippen LogP contribution in [0.25, 0.3) is 0 Å². The molecule has 0 fully saturated rings. The third-order valence-electron chi connectivity index (χ3n) is 3.32. The topological polar surface area (TPSA) is 101 Å². The van der Waals surface area contributed by atoms with Crippen molar-refractivity contribution in [1.29, 1.82) is 0 Å². The maximum Gasteiger partial charge on any atom is 0.209 e. The van der Waals surface area contributed by atoms with Crippen molar-refractivity contribution in [2.24, 2.45) is 4.99 Å². The summed E-state index contributed by atoms with van der Waals surface area (Å²) in [6, 6.07) is 5.58. The van der Waals surface area contributed by atoms with E-state index in [9.17, 15) is 8.42 Å². The van der Waals surface area contributed by atoms with Crippen molar-refractivity contribution in [1.82, 2.24) is 15.4 Å². The Morgan fingerprint density at radius 2 is 1.85 bits per heavy atom. The first-order valence-corrected chi connectivity index (χ1v) is 9.63. The number of hydrogen-bond donors (Lipinski definition) is 3. The zero-order valence-corrected chi connectivity index (χ0v) is 19.2. The second-order valence-corrected chi connectivity index (χ2v) is 7.96. The fourth-order valence-corrected chi connectivity index (χ4v) is 3.32. The van der Waals surface area contributed by atoms with Gasteiger partial charge in [-0.15, -0.1) is 24.0 Å². The molecule has 0 bridgehead atoms. The van der Waals surface area contributed by atoms with Gasteiger partial charge in [0.25, 0.3) is 0 Å². The maximum absolute atomic E-state index is 11.4. The van der Waals surface area contributed by atoms with Crippen molar-refractivity contribution in [2.45, 2.75) is 25.9 Å². The standard InChI is InChI=1S/C16H28N4O4S.HI/c1-16(2,20-25(6,21)22)11-19-15(17-3)18-10-12-7-8-13(23-4)9-14(12)24-5;/h7-9,20H,10-11H2,1-6H3,(H2,17,18,19);1H. The summed E-state index contributed by atoms with van der Waals surface area (Å²) in [6.07, 6.45) is 1.14. The molecule has 0 atom stereocenters. The molecule has 150 valence electrons. The minimum atomic E-state index is -3.29. The Labute approximate surface area is 173 Å². The molecule has 0 heterocycles. The molecule has 10 heteroatoms. The highest BCUT2D eigenvalue weighted by atomic mass is 127. The van der Waals surface area contributed by atoms with Crippen LogP contribution in [0.5, 0.6) is 11.5 Å². The van der Waals surface area contributed by atoms with Gasteiger partial charge in [-0.25, -0.2) is 13.1 Å². The average Bonchev–Trinajstić information content (AvgIpc) is 2.52. The number of nitrogens with zero attached hydrogens (tertiary/aromatic N) is 1. The first kappa shape index (κ1) is 24.7. The third-order valence-corrected chi connectivity index (χ3v) is 4.25. The SMILES string of the molecule is CN=C(NCc1ccc(OC)cc1OC)NCC(C)(C)NS(C)(=O)=O.I. The number of hydrogen-bond acceptors (Lipinski definition) is 5. The molecule has 0 aromatic heterocycles. The summed E-state index contributed by atoms with van der Waals surface area (Å²) >= 11 is 0. The minimum Gasteiger partial charge on any atom is -0.497 e. The normalized spacial score (nSPS) is 12.2. The van der Waals surface area contributed by atoms with Crippen LogP contribution in [0.3, 0.4) is 0 Å². The average molecular weight is 500 g/mol. The lowest BCUT2D eigenvalue weighted by Crippen LogP contribution is -2.52. The number of guanidine groups is 1. The van der Waals surface area contributed by atoms with Crippen molar-refractivity contribution >= 4 is 40.0 Å². The Morgan fingerprint density at radius 3 is 2.35 bits per heavy atom. The van der Waals surface area contributed by atoms with Crippen molar-refractivity contribution in [2.75, 3.05) is 34.1 Å². The first-order valence-electron chi connectivity index (χ1n) is 7.74. The maximum atomic E-state index is 11.4. The summed E-state index contributed by atoms with van der Waals surface area (Å²) in [5, 5.41) is 6.28. The quantitative estimate of drug-likeness (QED) is 0.283. The molecule has 0 aliphatic rings. The largest absolute Gasteiger partial charge is 0.497 e. The van der Waals surface area contributed by atoms with Crippen molar-refractivity contribution in [3.63, 3.8) is 0 Å². The number of halogens is 1. The molecule has 8 nitrogen and oxygen atoms in total. The molecular formula is C16H29IN4O4S. The minimum absolute atomic E-state index is 0. The molecule has 0 saturated heterocycles. The van der Waals surface area contributed by atoms with Crippen molar-refractivity contribution in [3.8, 4) is 11.5 Å². The lowest BCUT2D eigenvalue weighted by molar-refractivity contribution is 0.390. The van der Waals surface area contributed by atoms with E-state index in [1.54, 1.807) is 35.1 Å². The Balaban J connectivity index is 0.00000625. The highest BCUT2D eigenvalue weighted by Gasteiger charge is 2.22. The Bertz CT molecular complexity index is 708. The smallest absolute Gasteiger partial charge is 0.209 e. The lowest BCUT2D eigenvalue weighted by atomic mass is 10.1. The van der Waals surface area contributed by atoms with Crippen LogP contribution in [-0.4, -0.2) is 54.0 Å². The molecule has 0 spiro atoms. The second-order valence-electron chi connectivity index (χ2n) is 6.22. The molecule has 1 aromatic carbocycles. The van der Waals surface area contributed by atoms with E-state index in [0.29, 0.717) is 24.8 Å². The van der Waals surface area contributed by atoms with E-state index in [-0.39, 0.29) is 24.0 Å². The van der Waals surface area contributed by atoms with Crippen LogP contribution in [0.2, 0.25) is 0 Å². The van der Waals surface area contributed by atoms with Crippen LogP contribution < -0.4 is 24.8 Å². The number of nitrogens with one attached hydrogen (secondary N) is 3. The second kappa shape index (κ2) is 10.8. The predicted molar refractivity (Wildman–Crippen MR) is 115 cm³/mol. The number of benzene rings is 1. The van der Waals surface area contributed by atoms with Crippen molar-refractivity contribution < 1.29 is 17.9 Å². The molecule has 0 amide bonds. The van der Waals surface area contributed by atoms with Crippen LogP contribution in [-0.2, 0) is 16.6 Å². The zero-order chi connectivity index (χ0) is 19.1. The van der Waals surface area contributed by atoms with Gasteiger partial charge in [-0.3, -0.25) is 4.99 Å². The fraction of sp³-hybridized carbons (Fsp3) is 0.562. The van der Waals surface area contributed by atoms with Gasteiger partial charge in [-0.05, 0) is 26.0 Å². The number of ether oxygens (including phenoxy) is 2. The van der Waals surface area contributed by atoms with Gasteiger partial charge in [0.05, 0.1) is 20.5 Å². The Kier molecular flexibility index (Phi) is 10.2. The van der Waals surface area contributed by atoms with Gasteiger partial charge in [0.1, 0.15) is 11.5 Å². The van der Waals surface area contributed by atoms with Crippen LogP contribution in [0.1, 0.15) is 19.4 Å². The van der Waals surface area contributed by atoms with E-state index >= 15 is 0 Å². The van der Waals surface area contributed by atoms with Gasteiger partial charge < -0.3 is 20.1 Å². The highest BCUT2D eigenvalue weighted by molar-refractivity contribution is 14.0. The molecular weight excluding hydrogens is 471 g/mol. The predicted octanol–water partition coefficient (Wildman–Crippen LogP) is 1.31. The number of methoxy groups -OCH3 is 2. The van der Waals surface area contributed by atoms with Crippen molar-refractivity contribution in [3.05, 3.63) is 23.8 Å². The van der Waals surface area contributed by atoms with E-state index < -0.39 is 15.6 Å². The van der Waals surface area contributed by atoms with Gasteiger partial charge in [0, 0.05) is 37.3 Å². The highest BCUT2D eigenvalue weighted by Crippen LogP contribution is 2.24. The molecule has 0 aliphatic carbocycles. The summed E-state index contributed by atoms with van der Waals surface area (Å²) in [6.45, 7) is 4.45. The fourth-order valence-electron chi connectivity index (χ4n) is 2.24. The molecule has 1 aromatic rings. The van der Waals surface area contributed by atoms with Gasteiger partial charge in [0.15, 0.2) is 5.96 Å². The van der Waals surface area contributed by atoms with E-state index in [0.717, 1.165) is 17.6 Å². The summed E-state index contributed by atoms with van der Waals surface area (Å²) in [5.74, 6) is 1.99.